The summed E-state index contributed by atoms with van der Waals surface area (Å²) in [5, 5.41) is 18.9. The van der Waals surface area contributed by atoms with Crippen molar-refractivity contribution in [3.8, 4) is 5.75 Å². The van der Waals surface area contributed by atoms with Crippen LogP contribution in [0.5, 0.6) is 5.75 Å². The first-order valence-corrected chi connectivity index (χ1v) is 9.93. The Bertz CT molecular complexity index is 922. The second-order valence-electron chi connectivity index (χ2n) is 5.97. The molecule has 0 saturated carbocycles. The Morgan fingerprint density at radius 3 is 2.43 bits per heavy atom. The van der Waals surface area contributed by atoms with Gasteiger partial charge in [0.2, 0.25) is 9.70 Å². The van der Waals surface area contributed by atoms with Gasteiger partial charge in [0.1, 0.15) is 11.9 Å². The number of nitro groups is 1. The summed E-state index contributed by atoms with van der Waals surface area (Å²) in [6.07, 6.45) is -1.12. The summed E-state index contributed by atoms with van der Waals surface area (Å²) in [6.45, 7) is 0. The number of nitrogens with one attached hydrogen (secondary N) is 3. The number of rotatable bonds is 7. The second kappa shape index (κ2) is 10.6. The van der Waals surface area contributed by atoms with E-state index in [0.717, 1.165) is 5.56 Å². The van der Waals surface area contributed by atoms with Crippen molar-refractivity contribution in [2.45, 2.75) is 16.4 Å². The molecule has 0 saturated heterocycles. The molecule has 0 aromatic heterocycles. The number of alkyl halides is 3. The number of nitro benzene ring substituents is 1. The normalized spacial score (nSPS) is 11.9. The number of carbonyl (C=O) groups excluding carboxylic acids is 1. The molecule has 30 heavy (non-hydrogen) atoms. The van der Waals surface area contributed by atoms with Crippen molar-refractivity contribution < 1.29 is 14.5 Å². The molecule has 0 bridgehead atoms. The van der Waals surface area contributed by atoms with Crippen molar-refractivity contribution in [3.63, 3.8) is 0 Å². The van der Waals surface area contributed by atoms with Crippen molar-refractivity contribution in [3.05, 3.63) is 64.2 Å². The standard InChI is InChI=1S/C18H17Cl3N4O4S/c1-29-14-7-5-11(6-8-14)9-15(26)23-16(18(19,20)21)24-17(30)22-12-3-2-4-13(10-12)25(27)28/h2-8,10,16H,9H2,1H3,(H,23,26)(H2,22,24,30). The van der Waals surface area contributed by atoms with Gasteiger partial charge in [0, 0.05) is 17.8 Å². The molecule has 1 unspecified atom stereocenters. The van der Waals surface area contributed by atoms with Crippen LogP contribution in [0.25, 0.3) is 0 Å². The van der Waals surface area contributed by atoms with Crippen LogP contribution in [0.15, 0.2) is 48.5 Å². The molecule has 0 heterocycles. The zero-order valence-electron chi connectivity index (χ0n) is 15.5. The third-order valence-electron chi connectivity index (χ3n) is 3.75. The fourth-order valence-electron chi connectivity index (χ4n) is 2.34. The molecule has 0 aliphatic rings. The van der Waals surface area contributed by atoms with Crippen LogP contribution >= 0.6 is 47.0 Å². The topological polar surface area (TPSA) is 106 Å². The summed E-state index contributed by atoms with van der Waals surface area (Å²) in [4.78, 5) is 22.7. The van der Waals surface area contributed by atoms with E-state index in [-0.39, 0.29) is 17.2 Å². The lowest BCUT2D eigenvalue weighted by molar-refractivity contribution is -0.384. The van der Waals surface area contributed by atoms with Gasteiger partial charge in [-0.1, -0.05) is 53.0 Å². The van der Waals surface area contributed by atoms with E-state index >= 15 is 0 Å². The maximum atomic E-state index is 12.4. The molecule has 0 aliphatic carbocycles. The van der Waals surface area contributed by atoms with E-state index in [9.17, 15) is 14.9 Å². The summed E-state index contributed by atoms with van der Waals surface area (Å²) in [6, 6.07) is 12.6. The molecule has 160 valence electrons. The van der Waals surface area contributed by atoms with Crippen LogP contribution in [-0.4, -0.2) is 33.0 Å². The molecule has 0 radical (unpaired) electrons. The Morgan fingerprint density at radius 2 is 1.87 bits per heavy atom. The number of methoxy groups -OCH3 is 1. The number of anilines is 1. The highest BCUT2D eigenvalue weighted by Gasteiger charge is 2.34. The highest BCUT2D eigenvalue weighted by Crippen LogP contribution is 2.29. The van der Waals surface area contributed by atoms with E-state index in [1.165, 1.54) is 18.2 Å². The second-order valence-corrected chi connectivity index (χ2v) is 8.75. The van der Waals surface area contributed by atoms with Crippen molar-refractivity contribution in [2.24, 2.45) is 0 Å². The molecule has 0 fully saturated rings. The van der Waals surface area contributed by atoms with E-state index in [0.29, 0.717) is 11.4 Å². The molecule has 2 rings (SSSR count). The number of benzene rings is 2. The molecule has 8 nitrogen and oxygen atoms in total. The SMILES string of the molecule is COc1ccc(CC(=O)NC(NC(=S)Nc2cccc([N+](=O)[O-])c2)C(Cl)(Cl)Cl)cc1. The third kappa shape index (κ3) is 7.49. The highest BCUT2D eigenvalue weighted by molar-refractivity contribution is 7.80. The molecule has 3 N–H and O–H groups in total. The summed E-state index contributed by atoms with van der Waals surface area (Å²) in [7, 11) is 1.55. The zero-order chi connectivity index (χ0) is 22.3. The summed E-state index contributed by atoms with van der Waals surface area (Å²) in [5.41, 5.74) is 0.969. The van der Waals surface area contributed by atoms with Gasteiger partial charge in [-0.3, -0.25) is 14.9 Å². The number of halogens is 3. The molecule has 2 aromatic rings. The number of carbonyl (C=O) groups is 1. The van der Waals surface area contributed by atoms with Crippen molar-refractivity contribution in [1.29, 1.82) is 0 Å². The molecular weight excluding hydrogens is 475 g/mol. The van der Waals surface area contributed by atoms with Gasteiger partial charge in [0.05, 0.1) is 18.5 Å². The quantitative estimate of drug-likeness (QED) is 0.177. The predicted octanol–water partition coefficient (Wildman–Crippen LogP) is 3.95. The number of ether oxygens (including phenoxy) is 1. The number of hydrogen-bond acceptors (Lipinski definition) is 5. The van der Waals surface area contributed by atoms with Crippen LogP contribution in [0.3, 0.4) is 0 Å². The third-order valence-corrected chi connectivity index (χ3v) is 4.62. The minimum atomic E-state index is -1.93. The van der Waals surface area contributed by atoms with E-state index in [4.69, 9.17) is 51.8 Å². The number of thiocarbonyl (C=S) groups is 1. The van der Waals surface area contributed by atoms with Crippen LogP contribution in [0, 0.1) is 10.1 Å². The van der Waals surface area contributed by atoms with Gasteiger partial charge in [-0.05, 0) is 36.0 Å². The number of hydrogen-bond donors (Lipinski definition) is 3. The maximum absolute atomic E-state index is 12.4. The van der Waals surface area contributed by atoms with E-state index in [1.54, 1.807) is 37.4 Å². The van der Waals surface area contributed by atoms with Crippen LogP contribution in [-0.2, 0) is 11.2 Å². The van der Waals surface area contributed by atoms with Gasteiger partial charge < -0.3 is 20.7 Å². The first-order chi connectivity index (χ1) is 14.1. The van der Waals surface area contributed by atoms with Crippen molar-refractivity contribution >= 4 is 69.4 Å². The molecule has 0 spiro atoms. The molecular formula is C18H17Cl3N4O4S. The van der Waals surface area contributed by atoms with Gasteiger partial charge in [0.25, 0.3) is 5.69 Å². The molecule has 0 aliphatic heterocycles. The van der Waals surface area contributed by atoms with Gasteiger partial charge >= 0.3 is 0 Å². The zero-order valence-corrected chi connectivity index (χ0v) is 18.6. The first-order valence-electron chi connectivity index (χ1n) is 8.39. The largest absolute Gasteiger partial charge is 0.497 e. The van der Waals surface area contributed by atoms with Gasteiger partial charge in [-0.15, -0.1) is 0 Å². The lowest BCUT2D eigenvalue weighted by Crippen LogP contribution is -2.56. The Hall–Kier alpha value is -2.33. The molecule has 12 heteroatoms. The summed E-state index contributed by atoms with van der Waals surface area (Å²) < 4.78 is 3.15. The maximum Gasteiger partial charge on any atom is 0.271 e. The van der Waals surface area contributed by atoms with Crippen LogP contribution in [0.4, 0.5) is 11.4 Å². The monoisotopic (exact) mass is 490 g/mol. The highest BCUT2D eigenvalue weighted by atomic mass is 35.6. The Balaban J connectivity index is 2.01. The predicted molar refractivity (Wildman–Crippen MR) is 121 cm³/mol. The Kier molecular flexibility index (Phi) is 8.48. The van der Waals surface area contributed by atoms with Crippen molar-refractivity contribution in [1.82, 2.24) is 10.6 Å². The number of non-ortho nitro benzene ring substituents is 1. The lowest BCUT2D eigenvalue weighted by atomic mass is 10.1. The first kappa shape index (κ1) is 23.9. The van der Waals surface area contributed by atoms with E-state index < -0.39 is 20.8 Å². The Morgan fingerprint density at radius 1 is 1.20 bits per heavy atom. The Labute approximate surface area is 193 Å². The summed E-state index contributed by atoms with van der Waals surface area (Å²) >= 11 is 23.0. The van der Waals surface area contributed by atoms with Crippen LogP contribution in [0.2, 0.25) is 0 Å². The minimum absolute atomic E-state index is 0.00318. The minimum Gasteiger partial charge on any atom is -0.497 e. The van der Waals surface area contributed by atoms with E-state index in [2.05, 4.69) is 16.0 Å². The fraction of sp³-hybridized carbons (Fsp3) is 0.222. The average molecular weight is 492 g/mol. The van der Waals surface area contributed by atoms with Crippen LogP contribution < -0.4 is 20.7 Å². The molecule has 1 amide bonds. The fourth-order valence-corrected chi connectivity index (χ4v) is 2.90. The lowest BCUT2D eigenvalue weighted by Gasteiger charge is -2.27. The van der Waals surface area contributed by atoms with Gasteiger partial charge in [-0.2, -0.15) is 0 Å². The summed E-state index contributed by atoms with van der Waals surface area (Å²) in [5.74, 6) is 0.250. The molecule has 2 aromatic carbocycles. The average Bonchev–Trinajstić information content (AvgIpc) is 2.67. The van der Waals surface area contributed by atoms with E-state index in [1.807, 2.05) is 0 Å². The molecule has 1 atom stereocenters. The van der Waals surface area contributed by atoms with Crippen LogP contribution in [0.1, 0.15) is 5.56 Å². The van der Waals surface area contributed by atoms with Gasteiger partial charge in [0.15, 0.2) is 5.11 Å². The number of nitrogens with zero attached hydrogens (tertiary/aromatic N) is 1. The number of amides is 1. The smallest absolute Gasteiger partial charge is 0.271 e. The van der Waals surface area contributed by atoms with Crippen molar-refractivity contribution in [2.75, 3.05) is 12.4 Å². The van der Waals surface area contributed by atoms with Gasteiger partial charge in [-0.25, -0.2) is 0 Å².